The molecule has 5 nitrogen and oxygen atoms in total. The number of hydrogen-bond acceptors (Lipinski definition) is 4. The molecular weight excluding hydrogens is 240 g/mol. The zero-order valence-corrected chi connectivity index (χ0v) is 11.5. The zero-order chi connectivity index (χ0) is 13.5. The second-order valence-electron chi connectivity index (χ2n) is 4.38. The second kappa shape index (κ2) is 6.89. The normalized spacial score (nSPS) is 10.6. The lowest BCUT2D eigenvalue weighted by Gasteiger charge is -2.05. The Labute approximate surface area is 113 Å². The number of nitrogens with one attached hydrogen (secondary N) is 1. The van der Waals surface area contributed by atoms with Crippen LogP contribution in [-0.4, -0.2) is 21.8 Å². The summed E-state index contributed by atoms with van der Waals surface area (Å²) in [6, 6.07) is 5.97. The summed E-state index contributed by atoms with van der Waals surface area (Å²) in [5.41, 5.74) is 1.95. The summed E-state index contributed by atoms with van der Waals surface area (Å²) in [5.74, 6) is 0.786. The minimum absolute atomic E-state index is 0.468. The van der Waals surface area contributed by atoms with Crippen LogP contribution in [0.1, 0.15) is 24.7 Å². The van der Waals surface area contributed by atoms with E-state index in [-0.39, 0.29) is 0 Å². The molecule has 0 spiro atoms. The van der Waals surface area contributed by atoms with Gasteiger partial charge in [0, 0.05) is 13.1 Å². The Morgan fingerprint density at radius 2 is 2.16 bits per heavy atom. The van der Waals surface area contributed by atoms with Gasteiger partial charge in [0.2, 0.25) is 0 Å². The van der Waals surface area contributed by atoms with E-state index >= 15 is 0 Å². The van der Waals surface area contributed by atoms with Gasteiger partial charge in [-0.15, -0.1) is 0 Å². The lowest BCUT2D eigenvalue weighted by molar-refractivity contribution is 0.300. The molecule has 0 aliphatic carbocycles. The van der Waals surface area contributed by atoms with Gasteiger partial charge in [-0.3, -0.25) is 9.67 Å². The van der Waals surface area contributed by atoms with Gasteiger partial charge in [-0.2, -0.15) is 5.10 Å². The fourth-order valence-electron chi connectivity index (χ4n) is 1.82. The van der Waals surface area contributed by atoms with E-state index in [9.17, 15) is 0 Å². The van der Waals surface area contributed by atoms with E-state index in [4.69, 9.17) is 4.74 Å². The van der Waals surface area contributed by atoms with E-state index in [1.54, 1.807) is 6.20 Å². The maximum absolute atomic E-state index is 5.69. The zero-order valence-electron chi connectivity index (χ0n) is 11.5. The molecule has 0 aliphatic heterocycles. The first kappa shape index (κ1) is 13.5. The molecular formula is C14H20N4O. The van der Waals surface area contributed by atoms with Crippen LogP contribution in [-0.2, 0) is 19.7 Å². The monoisotopic (exact) mass is 260 g/mol. The summed E-state index contributed by atoms with van der Waals surface area (Å²) in [6.07, 6.45) is 4.72. The van der Waals surface area contributed by atoms with Crippen molar-refractivity contribution in [2.75, 3.05) is 7.05 Å². The van der Waals surface area contributed by atoms with E-state index in [0.717, 1.165) is 36.6 Å². The highest BCUT2D eigenvalue weighted by Gasteiger charge is 2.01. The van der Waals surface area contributed by atoms with Gasteiger partial charge in [-0.1, -0.05) is 13.0 Å². The van der Waals surface area contributed by atoms with Gasteiger partial charge in [0.1, 0.15) is 6.61 Å². The Kier molecular flexibility index (Phi) is 4.92. The van der Waals surface area contributed by atoms with Crippen LogP contribution in [0.4, 0.5) is 0 Å². The number of aromatic nitrogens is 3. The molecule has 0 bridgehead atoms. The first-order valence-electron chi connectivity index (χ1n) is 6.56. The maximum atomic E-state index is 5.69. The van der Waals surface area contributed by atoms with Gasteiger partial charge in [0.15, 0.2) is 5.75 Å². The highest BCUT2D eigenvalue weighted by molar-refractivity contribution is 5.14. The lowest BCUT2D eigenvalue weighted by atomic mass is 10.3. The van der Waals surface area contributed by atoms with Crippen LogP contribution in [0.25, 0.3) is 0 Å². The van der Waals surface area contributed by atoms with Crippen LogP contribution in [0.2, 0.25) is 0 Å². The predicted molar refractivity (Wildman–Crippen MR) is 73.9 cm³/mol. The third-order valence-corrected chi connectivity index (χ3v) is 2.67. The number of ether oxygens (including phenoxy) is 1. The molecule has 0 radical (unpaired) electrons. The van der Waals surface area contributed by atoms with E-state index in [1.807, 2.05) is 36.1 Å². The molecule has 1 N–H and O–H groups in total. The van der Waals surface area contributed by atoms with Gasteiger partial charge < -0.3 is 10.1 Å². The van der Waals surface area contributed by atoms with Gasteiger partial charge in [-0.25, -0.2) is 0 Å². The highest BCUT2D eigenvalue weighted by Crippen LogP contribution is 2.11. The summed E-state index contributed by atoms with van der Waals surface area (Å²) >= 11 is 0. The minimum atomic E-state index is 0.468. The molecule has 2 aromatic rings. The summed E-state index contributed by atoms with van der Waals surface area (Å²) in [5, 5.41) is 7.31. The van der Waals surface area contributed by atoms with Crippen LogP contribution in [0, 0.1) is 0 Å². The molecule has 102 valence electrons. The van der Waals surface area contributed by atoms with Crippen molar-refractivity contribution in [2.24, 2.45) is 0 Å². The molecule has 19 heavy (non-hydrogen) atoms. The van der Waals surface area contributed by atoms with E-state index < -0.39 is 0 Å². The molecule has 0 atom stereocenters. The van der Waals surface area contributed by atoms with Crippen LogP contribution in [0.5, 0.6) is 5.75 Å². The molecule has 0 fully saturated rings. The lowest BCUT2D eigenvalue weighted by Crippen LogP contribution is -2.08. The highest BCUT2D eigenvalue weighted by atomic mass is 16.5. The largest absolute Gasteiger partial charge is 0.484 e. The van der Waals surface area contributed by atoms with Crippen LogP contribution in [0.3, 0.4) is 0 Å². The van der Waals surface area contributed by atoms with Crippen LogP contribution in [0.15, 0.2) is 30.6 Å². The van der Waals surface area contributed by atoms with Crippen molar-refractivity contribution >= 4 is 0 Å². The first-order chi connectivity index (χ1) is 9.31. The van der Waals surface area contributed by atoms with Crippen molar-refractivity contribution < 1.29 is 4.74 Å². The average molecular weight is 260 g/mol. The summed E-state index contributed by atoms with van der Waals surface area (Å²) < 4.78 is 7.58. The number of pyridine rings is 1. The predicted octanol–water partition coefficient (Wildman–Crippen LogP) is 1.99. The molecule has 0 saturated carbocycles. The second-order valence-corrected chi connectivity index (χ2v) is 4.38. The van der Waals surface area contributed by atoms with Crippen LogP contribution >= 0.6 is 0 Å². The SMILES string of the molecule is CCCn1cc(OCc2cccc(CNC)n2)cn1. The minimum Gasteiger partial charge on any atom is -0.484 e. The van der Waals surface area contributed by atoms with Crippen molar-refractivity contribution in [3.63, 3.8) is 0 Å². The Morgan fingerprint density at radius 1 is 1.32 bits per heavy atom. The quantitative estimate of drug-likeness (QED) is 0.827. The van der Waals surface area contributed by atoms with Crippen molar-refractivity contribution in [1.29, 1.82) is 0 Å². The average Bonchev–Trinajstić information content (AvgIpc) is 2.86. The molecule has 2 heterocycles. The molecule has 0 unspecified atom stereocenters. The van der Waals surface area contributed by atoms with E-state index in [0.29, 0.717) is 6.61 Å². The topological polar surface area (TPSA) is 52.0 Å². The molecule has 2 aromatic heterocycles. The Bertz CT molecular complexity index is 510. The van der Waals surface area contributed by atoms with Crippen molar-refractivity contribution in [3.05, 3.63) is 42.0 Å². The van der Waals surface area contributed by atoms with Gasteiger partial charge >= 0.3 is 0 Å². The van der Waals surface area contributed by atoms with Crippen molar-refractivity contribution in [1.82, 2.24) is 20.1 Å². The molecule has 0 aliphatic rings. The van der Waals surface area contributed by atoms with Gasteiger partial charge in [0.25, 0.3) is 0 Å². The van der Waals surface area contributed by atoms with Gasteiger partial charge in [0.05, 0.1) is 23.8 Å². The summed E-state index contributed by atoms with van der Waals surface area (Å²) in [7, 11) is 1.91. The Hall–Kier alpha value is -1.88. The molecule has 0 aromatic carbocycles. The smallest absolute Gasteiger partial charge is 0.157 e. The molecule has 2 rings (SSSR count). The third-order valence-electron chi connectivity index (χ3n) is 2.67. The number of rotatable bonds is 7. The van der Waals surface area contributed by atoms with Gasteiger partial charge in [-0.05, 0) is 25.6 Å². The number of aryl methyl sites for hydroxylation is 1. The third kappa shape index (κ3) is 4.06. The fourth-order valence-corrected chi connectivity index (χ4v) is 1.82. The number of nitrogens with zero attached hydrogens (tertiary/aromatic N) is 3. The van der Waals surface area contributed by atoms with E-state index in [2.05, 4.69) is 22.3 Å². The molecule has 0 saturated heterocycles. The van der Waals surface area contributed by atoms with Crippen LogP contribution < -0.4 is 10.1 Å². The standard InChI is InChI=1S/C14H20N4O/c1-3-7-18-10-14(9-16-18)19-11-13-6-4-5-12(17-13)8-15-2/h4-6,9-10,15H,3,7-8,11H2,1-2H3. The van der Waals surface area contributed by atoms with Crippen molar-refractivity contribution in [3.8, 4) is 5.75 Å². The molecule has 5 heteroatoms. The molecule has 0 amide bonds. The maximum Gasteiger partial charge on any atom is 0.157 e. The van der Waals surface area contributed by atoms with E-state index in [1.165, 1.54) is 0 Å². The van der Waals surface area contributed by atoms with Crippen molar-refractivity contribution in [2.45, 2.75) is 33.0 Å². The first-order valence-corrected chi connectivity index (χ1v) is 6.56. The fraction of sp³-hybridized carbons (Fsp3) is 0.429. The Morgan fingerprint density at radius 3 is 2.95 bits per heavy atom. The number of hydrogen-bond donors (Lipinski definition) is 1. The summed E-state index contributed by atoms with van der Waals surface area (Å²) in [6.45, 7) is 4.27. The Balaban J connectivity index is 1.91. The summed E-state index contributed by atoms with van der Waals surface area (Å²) in [4.78, 5) is 4.51.